The molecule has 0 bridgehead atoms. The third-order valence-corrected chi connectivity index (χ3v) is 4.87. The molecule has 0 saturated carbocycles. The second kappa shape index (κ2) is 7.26. The molecule has 4 heterocycles. The van der Waals surface area contributed by atoms with E-state index in [0.29, 0.717) is 18.7 Å². The van der Waals surface area contributed by atoms with Crippen LogP contribution in [0.15, 0.2) is 36.8 Å². The maximum Gasteiger partial charge on any atom is 0.255 e. The first-order valence-electron chi connectivity index (χ1n) is 9.17. The molecule has 0 spiro atoms. The van der Waals surface area contributed by atoms with Gasteiger partial charge in [0.1, 0.15) is 11.5 Å². The van der Waals surface area contributed by atoms with Crippen molar-refractivity contribution in [3.8, 4) is 11.5 Å². The van der Waals surface area contributed by atoms with Crippen LogP contribution < -0.4 is 0 Å². The summed E-state index contributed by atoms with van der Waals surface area (Å²) in [5.41, 5.74) is 3.39. The van der Waals surface area contributed by atoms with Gasteiger partial charge in [-0.05, 0) is 44.9 Å². The fraction of sp³-hybridized carbons (Fsp3) is 0.350. The minimum Gasteiger partial charge on any atom is -0.341 e. The summed E-state index contributed by atoms with van der Waals surface area (Å²) in [4.78, 5) is 35.5. The molecule has 3 aromatic rings. The number of piperidine rings is 1. The zero-order valence-corrected chi connectivity index (χ0v) is 15.5. The van der Waals surface area contributed by atoms with Crippen LogP contribution in [-0.2, 0) is 0 Å². The fourth-order valence-corrected chi connectivity index (χ4v) is 3.45. The predicted molar refractivity (Wildman–Crippen MR) is 101 cm³/mol. The molecule has 27 heavy (non-hydrogen) atoms. The third-order valence-electron chi connectivity index (χ3n) is 4.87. The van der Waals surface area contributed by atoms with Crippen LogP contribution in [0.25, 0.3) is 11.5 Å². The number of aromatic nitrogens is 5. The normalized spacial score (nSPS) is 15.1. The van der Waals surface area contributed by atoms with Crippen molar-refractivity contribution in [2.45, 2.75) is 32.6 Å². The van der Waals surface area contributed by atoms with Crippen molar-refractivity contribution in [1.29, 1.82) is 0 Å². The Bertz CT molecular complexity index is 944. The van der Waals surface area contributed by atoms with E-state index in [0.717, 1.165) is 41.6 Å². The van der Waals surface area contributed by atoms with Gasteiger partial charge >= 0.3 is 0 Å². The van der Waals surface area contributed by atoms with Gasteiger partial charge in [0.15, 0.2) is 5.82 Å². The molecular weight excluding hydrogens is 340 g/mol. The highest BCUT2D eigenvalue weighted by molar-refractivity contribution is 5.93. The zero-order chi connectivity index (χ0) is 18.8. The Labute approximate surface area is 157 Å². The van der Waals surface area contributed by atoms with Gasteiger partial charge in [-0.15, -0.1) is 0 Å². The smallest absolute Gasteiger partial charge is 0.255 e. The van der Waals surface area contributed by atoms with Crippen molar-refractivity contribution in [3.63, 3.8) is 0 Å². The largest absolute Gasteiger partial charge is 0.341 e. The number of carbonyl (C=O) groups is 1. The van der Waals surface area contributed by atoms with Gasteiger partial charge in [-0.25, -0.2) is 15.0 Å². The lowest BCUT2D eigenvalue weighted by Gasteiger charge is -2.31. The van der Waals surface area contributed by atoms with Crippen molar-refractivity contribution < 1.29 is 4.79 Å². The summed E-state index contributed by atoms with van der Waals surface area (Å²) in [5.74, 6) is 1.90. The molecule has 3 aromatic heterocycles. The molecule has 0 atom stereocenters. The van der Waals surface area contributed by atoms with E-state index in [-0.39, 0.29) is 11.8 Å². The molecule has 7 heteroatoms. The number of likely N-dealkylation sites (tertiary alicyclic amines) is 1. The fourth-order valence-electron chi connectivity index (χ4n) is 3.45. The van der Waals surface area contributed by atoms with Crippen molar-refractivity contribution in [2.75, 3.05) is 13.1 Å². The number of carbonyl (C=O) groups excluding carboxylic acids is 1. The minimum absolute atomic E-state index is 0.0402. The van der Waals surface area contributed by atoms with Gasteiger partial charge in [0.25, 0.3) is 5.91 Å². The van der Waals surface area contributed by atoms with Crippen LogP contribution in [0, 0.1) is 13.8 Å². The molecule has 7 nitrogen and oxygen atoms in total. The molecule has 1 aliphatic rings. The van der Waals surface area contributed by atoms with E-state index < -0.39 is 0 Å². The number of amides is 1. The molecule has 0 unspecified atom stereocenters. The first-order valence-corrected chi connectivity index (χ1v) is 9.17. The lowest BCUT2D eigenvalue weighted by molar-refractivity contribution is 0.0710. The topological polar surface area (TPSA) is 87.7 Å². The quantitative estimate of drug-likeness (QED) is 0.774. The molecular formula is C20H22N6O. The first kappa shape index (κ1) is 17.3. The summed E-state index contributed by atoms with van der Waals surface area (Å²) in [6.45, 7) is 5.35. The van der Waals surface area contributed by atoms with E-state index in [2.05, 4.69) is 19.9 Å². The average Bonchev–Trinajstić information content (AvgIpc) is 3.14. The Balaban J connectivity index is 1.48. The standard InChI is InChI=1S/C20H22N6O/c1-13-10-17(19-22-11-14(2)24-19)25-18(23-13)15-5-8-26(9-6-15)20(27)16-4-3-7-21-12-16/h3-4,7,10-12,15H,5-6,8-9H2,1-2H3,(H,22,24). The number of nitrogens with one attached hydrogen (secondary N) is 1. The van der Waals surface area contributed by atoms with Gasteiger partial charge in [-0.1, -0.05) is 0 Å². The van der Waals surface area contributed by atoms with E-state index in [1.54, 1.807) is 24.7 Å². The summed E-state index contributed by atoms with van der Waals surface area (Å²) in [6.07, 6.45) is 6.80. The van der Waals surface area contributed by atoms with Crippen molar-refractivity contribution >= 4 is 5.91 Å². The maximum atomic E-state index is 12.6. The van der Waals surface area contributed by atoms with Crippen molar-refractivity contribution in [1.82, 2.24) is 29.8 Å². The molecule has 138 valence electrons. The highest BCUT2D eigenvalue weighted by Crippen LogP contribution is 2.28. The first-order chi connectivity index (χ1) is 13.1. The van der Waals surface area contributed by atoms with E-state index in [4.69, 9.17) is 4.98 Å². The van der Waals surface area contributed by atoms with E-state index in [1.807, 2.05) is 30.9 Å². The Hall–Kier alpha value is -3.09. The van der Waals surface area contributed by atoms with Crippen molar-refractivity contribution in [2.24, 2.45) is 0 Å². The Morgan fingerprint density at radius 1 is 1.19 bits per heavy atom. The predicted octanol–water partition coefficient (Wildman–Crippen LogP) is 2.90. The lowest BCUT2D eigenvalue weighted by Crippen LogP contribution is -2.38. The lowest BCUT2D eigenvalue weighted by atomic mass is 9.95. The monoisotopic (exact) mass is 362 g/mol. The summed E-state index contributed by atoms with van der Waals surface area (Å²) < 4.78 is 0. The third kappa shape index (κ3) is 3.72. The van der Waals surface area contributed by atoms with Crippen LogP contribution in [0.1, 0.15) is 46.3 Å². The van der Waals surface area contributed by atoms with Crippen LogP contribution in [0.2, 0.25) is 0 Å². The van der Waals surface area contributed by atoms with E-state index in [1.165, 1.54) is 0 Å². The molecule has 1 fully saturated rings. The maximum absolute atomic E-state index is 12.6. The van der Waals surface area contributed by atoms with Gasteiger partial charge in [0.2, 0.25) is 0 Å². The van der Waals surface area contributed by atoms with Crippen LogP contribution in [0.3, 0.4) is 0 Å². The number of nitrogens with zero attached hydrogens (tertiary/aromatic N) is 5. The number of aromatic amines is 1. The van der Waals surface area contributed by atoms with Crippen molar-refractivity contribution in [3.05, 3.63) is 59.6 Å². The highest BCUT2D eigenvalue weighted by Gasteiger charge is 2.26. The van der Waals surface area contributed by atoms with Gasteiger partial charge < -0.3 is 9.88 Å². The number of pyridine rings is 1. The summed E-state index contributed by atoms with van der Waals surface area (Å²) in [7, 11) is 0. The SMILES string of the molecule is Cc1cc(-c2ncc(C)[nH]2)nc(C2CCN(C(=O)c3cccnc3)CC2)n1. The Morgan fingerprint density at radius 3 is 2.67 bits per heavy atom. The number of aryl methyl sites for hydroxylation is 2. The van der Waals surface area contributed by atoms with Gasteiger partial charge in [0, 0.05) is 49.0 Å². The summed E-state index contributed by atoms with van der Waals surface area (Å²) in [6, 6.07) is 5.55. The molecule has 1 saturated heterocycles. The van der Waals surface area contributed by atoms with E-state index >= 15 is 0 Å². The molecule has 1 N–H and O–H groups in total. The number of imidazole rings is 1. The Kier molecular flexibility index (Phi) is 4.66. The number of rotatable bonds is 3. The number of H-pyrrole nitrogens is 1. The van der Waals surface area contributed by atoms with Gasteiger partial charge in [0.05, 0.1) is 5.56 Å². The second-order valence-corrected chi connectivity index (χ2v) is 6.98. The van der Waals surface area contributed by atoms with Crippen LogP contribution in [0.4, 0.5) is 0 Å². The van der Waals surface area contributed by atoms with Gasteiger partial charge in [-0.3, -0.25) is 9.78 Å². The molecule has 1 amide bonds. The molecule has 0 radical (unpaired) electrons. The molecule has 1 aliphatic heterocycles. The van der Waals surface area contributed by atoms with E-state index in [9.17, 15) is 4.79 Å². The molecule has 0 aliphatic carbocycles. The minimum atomic E-state index is 0.0402. The Morgan fingerprint density at radius 2 is 2.00 bits per heavy atom. The highest BCUT2D eigenvalue weighted by atomic mass is 16.2. The zero-order valence-electron chi connectivity index (χ0n) is 15.5. The molecule has 0 aromatic carbocycles. The van der Waals surface area contributed by atoms with Gasteiger partial charge in [-0.2, -0.15) is 0 Å². The number of hydrogen-bond acceptors (Lipinski definition) is 5. The average molecular weight is 362 g/mol. The second-order valence-electron chi connectivity index (χ2n) is 6.98. The van der Waals surface area contributed by atoms with Crippen LogP contribution in [-0.4, -0.2) is 48.8 Å². The number of hydrogen-bond donors (Lipinski definition) is 1. The summed E-state index contributed by atoms with van der Waals surface area (Å²) in [5, 5.41) is 0. The van der Waals surface area contributed by atoms with Crippen LogP contribution in [0.5, 0.6) is 0 Å². The van der Waals surface area contributed by atoms with Crippen LogP contribution >= 0.6 is 0 Å². The summed E-state index contributed by atoms with van der Waals surface area (Å²) >= 11 is 0. The molecule has 4 rings (SSSR count).